The van der Waals surface area contributed by atoms with Crippen LogP contribution in [0.5, 0.6) is 0 Å². The van der Waals surface area contributed by atoms with Gasteiger partial charge in [0.15, 0.2) is 5.58 Å². The van der Waals surface area contributed by atoms with Crippen LogP contribution in [0.3, 0.4) is 0 Å². The van der Waals surface area contributed by atoms with E-state index < -0.39 is 5.97 Å². The van der Waals surface area contributed by atoms with Crippen molar-refractivity contribution in [3.05, 3.63) is 29.7 Å². The molecule has 1 N–H and O–H groups in total. The van der Waals surface area contributed by atoms with Gasteiger partial charge in [-0.2, -0.15) is 0 Å². The molecule has 0 spiro atoms. The number of nitrogens with zero attached hydrogens (tertiary/aromatic N) is 1. The summed E-state index contributed by atoms with van der Waals surface area (Å²) in [6.07, 6.45) is 2.08. The highest BCUT2D eigenvalue weighted by atomic mass is 16.4. The lowest BCUT2D eigenvalue weighted by Crippen LogP contribution is -2.12. The average Bonchev–Trinajstić information content (AvgIpc) is 2.97. The van der Waals surface area contributed by atoms with Gasteiger partial charge < -0.3 is 9.52 Å². The molecule has 0 aliphatic heterocycles. The highest BCUT2D eigenvalue weighted by molar-refractivity contribution is 5.76. The molecule has 0 radical (unpaired) electrons. The quantitative estimate of drug-likeness (QED) is 0.927. The summed E-state index contributed by atoms with van der Waals surface area (Å²) in [5.41, 5.74) is 2.35. The Bertz CT molecular complexity index is 675. The van der Waals surface area contributed by atoms with Gasteiger partial charge in [0.25, 0.3) is 0 Å². The molecule has 1 aliphatic rings. The molecule has 4 heteroatoms. The van der Waals surface area contributed by atoms with Crippen molar-refractivity contribution in [1.29, 1.82) is 0 Å². The molecule has 1 aromatic carbocycles. The molecule has 0 bridgehead atoms. The van der Waals surface area contributed by atoms with E-state index in [1.54, 1.807) is 0 Å². The first kappa shape index (κ1) is 13.2. The third-order valence-corrected chi connectivity index (χ3v) is 3.98. The number of oxazole rings is 1. The summed E-state index contributed by atoms with van der Waals surface area (Å²) in [7, 11) is 0. The van der Waals surface area contributed by atoms with Gasteiger partial charge in [-0.05, 0) is 30.5 Å². The van der Waals surface area contributed by atoms with Gasteiger partial charge in [0.05, 0.1) is 6.42 Å². The summed E-state index contributed by atoms with van der Waals surface area (Å²) in [5, 5.41) is 9.04. The van der Waals surface area contributed by atoms with E-state index >= 15 is 0 Å². The first-order valence-corrected chi connectivity index (χ1v) is 6.94. The van der Waals surface area contributed by atoms with Crippen LogP contribution in [0.25, 0.3) is 11.1 Å². The van der Waals surface area contributed by atoms with Crippen LogP contribution in [0, 0.1) is 0 Å². The van der Waals surface area contributed by atoms with Gasteiger partial charge >= 0.3 is 5.97 Å². The maximum Gasteiger partial charge on any atom is 0.304 e. The zero-order chi connectivity index (χ0) is 14.5. The predicted octanol–water partition coefficient (Wildman–Crippen LogP) is 3.63. The molecule has 2 aromatic rings. The first-order valence-electron chi connectivity index (χ1n) is 6.94. The lowest BCUT2D eigenvalue weighted by Gasteiger charge is -2.12. The third kappa shape index (κ3) is 2.19. The van der Waals surface area contributed by atoms with E-state index in [0.29, 0.717) is 5.89 Å². The Balaban J connectivity index is 2.01. The number of hydrogen-bond acceptors (Lipinski definition) is 3. The van der Waals surface area contributed by atoms with Crippen LogP contribution in [0.15, 0.2) is 22.6 Å². The molecule has 1 fully saturated rings. The van der Waals surface area contributed by atoms with Crippen molar-refractivity contribution < 1.29 is 14.3 Å². The number of carboxylic acids is 1. The predicted molar refractivity (Wildman–Crippen MR) is 75.9 cm³/mol. The zero-order valence-corrected chi connectivity index (χ0v) is 12.1. The van der Waals surface area contributed by atoms with Crippen LogP contribution in [-0.2, 0) is 15.6 Å². The molecule has 3 rings (SSSR count). The number of carboxylic acid groups (broad SMARTS) is 1. The molecule has 0 unspecified atom stereocenters. The molecular formula is C16H19NO3. The van der Waals surface area contributed by atoms with Gasteiger partial charge in [-0.15, -0.1) is 0 Å². The molecule has 0 saturated heterocycles. The van der Waals surface area contributed by atoms with E-state index in [4.69, 9.17) is 9.52 Å². The number of rotatable bonds is 3. The summed E-state index contributed by atoms with van der Waals surface area (Å²) in [6.45, 7) is 6.18. The van der Waals surface area contributed by atoms with Gasteiger partial charge in [0, 0.05) is 10.8 Å². The molecule has 4 nitrogen and oxygen atoms in total. The largest absolute Gasteiger partial charge is 0.481 e. The minimum atomic E-state index is -0.738. The summed E-state index contributed by atoms with van der Waals surface area (Å²) in [4.78, 5) is 15.5. The second kappa shape index (κ2) is 4.08. The molecule has 0 amide bonds. The first-order chi connectivity index (χ1) is 9.30. The molecule has 20 heavy (non-hydrogen) atoms. The van der Waals surface area contributed by atoms with Crippen molar-refractivity contribution in [2.24, 2.45) is 0 Å². The maximum atomic E-state index is 11.0. The van der Waals surface area contributed by atoms with Crippen molar-refractivity contribution in [1.82, 2.24) is 4.98 Å². The van der Waals surface area contributed by atoms with Gasteiger partial charge in [0.2, 0.25) is 5.89 Å². The molecule has 1 aliphatic carbocycles. The van der Waals surface area contributed by atoms with E-state index in [2.05, 4.69) is 25.8 Å². The highest BCUT2D eigenvalue weighted by Crippen LogP contribution is 2.51. The van der Waals surface area contributed by atoms with Crippen LogP contribution in [0.1, 0.15) is 51.5 Å². The molecule has 1 heterocycles. The lowest BCUT2D eigenvalue weighted by molar-refractivity contribution is -0.137. The molecule has 0 atom stereocenters. The number of benzene rings is 1. The molecular weight excluding hydrogens is 254 g/mol. The number of aromatic nitrogens is 1. The molecule has 1 saturated carbocycles. The molecule has 1 aromatic heterocycles. The Morgan fingerprint density at radius 1 is 1.40 bits per heavy atom. The minimum absolute atomic E-state index is 0.127. The summed E-state index contributed by atoms with van der Waals surface area (Å²) in [5.74, 6) is -0.0224. The minimum Gasteiger partial charge on any atom is -0.481 e. The standard InChI is InChI=1S/C16H19NO3/c1-15(2,3)14-17-11-8-10(4-5-12(11)20-14)16(6-7-16)9-13(18)19/h4-5,8H,6-7,9H2,1-3H3,(H,18,19). The maximum absolute atomic E-state index is 11.0. The summed E-state index contributed by atoms with van der Waals surface area (Å²) >= 11 is 0. The SMILES string of the molecule is CC(C)(C)c1nc2cc(C3(CC(=O)O)CC3)ccc2o1. The Morgan fingerprint density at radius 3 is 2.65 bits per heavy atom. The second-order valence-electron chi connectivity index (χ2n) is 6.80. The number of carbonyl (C=O) groups is 1. The van der Waals surface area contributed by atoms with Crippen molar-refractivity contribution in [3.8, 4) is 0 Å². The molecule has 106 valence electrons. The average molecular weight is 273 g/mol. The smallest absolute Gasteiger partial charge is 0.304 e. The summed E-state index contributed by atoms with van der Waals surface area (Å²) in [6, 6.07) is 5.88. The Labute approximate surface area is 117 Å². The van der Waals surface area contributed by atoms with Crippen molar-refractivity contribution in [2.45, 2.75) is 50.9 Å². The van der Waals surface area contributed by atoms with Crippen LogP contribution in [0.2, 0.25) is 0 Å². The van der Waals surface area contributed by atoms with Gasteiger partial charge in [-0.3, -0.25) is 4.79 Å². The Morgan fingerprint density at radius 2 is 2.10 bits per heavy atom. The lowest BCUT2D eigenvalue weighted by atomic mass is 9.92. The van der Waals surface area contributed by atoms with Crippen LogP contribution >= 0.6 is 0 Å². The monoisotopic (exact) mass is 273 g/mol. The van der Waals surface area contributed by atoms with Crippen LogP contribution in [-0.4, -0.2) is 16.1 Å². The number of aliphatic carboxylic acids is 1. The third-order valence-electron chi connectivity index (χ3n) is 3.98. The zero-order valence-electron chi connectivity index (χ0n) is 12.1. The van der Waals surface area contributed by atoms with Gasteiger partial charge in [-0.1, -0.05) is 26.8 Å². The van der Waals surface area contributed by atoms with Crippen molar-refractivity contribution in [3.63, 3.8) is 0 Å². The van der Waals surface area contributed by atoms with Gasteiger partial charge in [0.1, 0.15) is 5.52 Å². The van der Waals surface area contributed by atoms with Crippen molar-refractivity contribution >= 4 is 17.1 Å². The van der Waals surface area contributed by atoms with E-state index in [0.717, 1.165) is 29.5 Å². The normalized spacial score (nSPS) is 17.4. The van der Waals surface area contributed by atoms with E-state index in [-0.39, 0.29) is 17.3 Å². The van der Waals surface area contributed by atoms with E-state index in [9.17, 15) is 4.79 Å². The van der Waals surface area contributed by atoms with Crippen molar-refractivity contribution in [2.75, 3.05) is 0 Å². The van der Waals surface area contributed by atoms with Crippen LogP contribution < -0.4 is 0 Å². The van der Waals surface area contributed by atoms with E-state index in [1.165, 1.54) is 0 Å². The summed E-state index contributed by atoms with van der Waals surface area (Å²) < 4.78 is 5.77. The Hall–Kier alpha value is -1.84. The fourth-order valence-corrected chi connectivity index (χ4v) is 2.59. The number of fused-ring (bicyclic) bond motifs is 1. The van der Waals surface area contributed by atoms with E-state index in [1.807, 2.05) is 18.2 Å². The highest BCUT2D eigenvalue weighted by Gasteiger charge is 2.46. The number of hydrogen-bond donors (Lipinski definition) is 1. The topological polar surface area (TPSA) is 63.3 Å². The fourth-order valence-electron chi connectivity index (χ4n) is 2.59. The fraction of sp³-hybridized carbons (Fsp3) is 0.500. The second-order valence-corrected chi connectivity index (χ2v) is 6.80. The van der Waals surface area contributed by atoms with Gasteiger partial charge in [-0.25, -0.2) is 4.98 Å². The van der Waals surface area contributed by atoms with Crippen LogP contribution in [0.4, 0.5) is 0 Å². The Kier molecular flexibility index (Phi) is 2.68.